The predicted octanol–water partition coefficient (Wildman–Crippen LogP) is 22.4. The van der Waals surface area contributed by atoms with E-state index in [0.29, 0.717) is 125 Å². The zero-order valence-corrected chi connectivity index (χ0v) is 64.0. The summed E-state index contributed by atoms with van der Waals surface area (Å²) in [5.74, 6) is 7.17. The summed E-state index contributed by atoms with van der Waals surface area (Å²) < 4.78 is 40.3. The zero-order valence-electron chi connectivity index (χ0n) is 57.8. The highest BCUT2D eigenvalue weighted by molar-refractivity contribution is 7.19. The van der Waals surface area contributed by atoms with Gasteiger partial charge in [0.05, 0.1) is 87.2 Å². The minimum absolute atomic E-state index is 0.150. The Bertz CT molecular complexity index is 4680. The van der Waals surface area contributed by atoms with E-state index < -0.39 is 11.2 Å². The standard InChI is InChI=1S/2C30H28Cl2N2O3S.C23H23Cl2NO3/c2*31-21-4-3-5-22(32)25(21)26-20(27(37-34-26)17-8-9-17)15-36-29-12-16-10-18(13-29)30(35,19(11-16)14-29)28-33-23-6-1-2-7-24(23)38-28;24-17-2-1-3-18(25)19(17)20-16(22(29-26-20)13-4-5-13)11-28-23-8-12-6-14(9-23)21(27)15(7-12)10-23/h2*1-7,16-19,35H,8-15H2;1-3,12-15H,4-11H2/t2*16?,18-,19+,29?,30?;12?,14-,15?,23?/m..1/s1. The third-order valence-corrected chi connectivity index (χ3v) is 30.7. The molecule has 25 rings (SSSR count). The molecule has 14 nitrogen and oxygen atoms in total. The molecule has 15 fully saturated rings. The van der Waals surface area contributed by atoms with E-state index in [1.54, 1.807) is 22.7 Å². The van der Waals surface area contributed by atoms with E-state index in [-0.39, 0.29) is 52.3 Å². The smallest absolute Gasteiger partial charge is 0.145 e. The molecular formula is C83H79Cl6N5O9S2. The number of para-hydroxylation sites is 2. The van der Waals surface area contributed by atoms with Crippen molar-refractivity contribution in [3.63, 3.8) is 0 Å². The Kier molecular flexibility index (Phi) is 17.2. The largest absolute Gasteiger partial charge is 0.382 e. The van der Waals surface area contributed by atoms with Crippen LogP contribution in [0, 0.1) is 53.3 Å². The van der Waals surface area contributed by atoms with Crippen LogP contribution in [0.5, 0.6) is 0 Å². The summed E-state index contributed by atoms with van der Waals surface area (Å²) >= 11 is 42.5. The van der Waals surface area contributed by atoms with Crippen LogP contribution in [0.2, 0.25) is 30.1 Å². The lowest BCUT2D eigenvalue weighted by molar-refractivity contribution is -0.250. The number of ether oxygens (including phenoxy) is 3. The van der Waals surface area contributed by atoms with Gasteiger partial charge in [-0.3, -0.25) is 4.79 Å². The minimum Gasteiger partial charge on any atom is -0.382 e. The van der Waals surface area contributed by atoms with Gasteiger partial charge in [-0.05, 0) is 237 Å². The molecule has 5 heterocycles. The number of ketones is 1. The molecular weight excluding hydrogens is 1490 g/mol. The topological polar surface area (TPSA) is 189 Å². The van der Waals surface area contributed by atoms with E-state index in [0.717, 1.165) is 199 Å². The van der Waals surface area contributed by atoms with Gasteiger partial charge in [0, 0.05) is 63.0 Å². The highest BCUT2D eigenvalue weighted by atomic mass is 35.5. The van der Waals surface area contributed by atoms with Crippen LogP contribution < -0.4 is 0 Å². The average Bonchev–Trinajstić information content (AvgIpc) is 1.38. The fourth-order valence-electron chi connectivity index (χ4n) is 21.6. The second-order valence-electron chi connectivity index (χ2n) is 33.2. The summed E-state index contributed by atoms with van der Waals surface area (Å²) in [5, 5.41) is 42.9. The Morgan fingerprint density at radius 2 is 0.695 bits per heavy atom. The summed E-state index contributed by atoms with van der Waals surface area (Å²) in [7, 11) is 0. The van der Waals surface area contributed by atoms with Gasteiger partial charge in [0.2, 0.25) is 0 Å². The van der Waals surface area contributed by atoms with Crippen molar-refractivity contribution in [2.45, 2.75) is 200 Å². The summed E-state index contributed by atoms with van der Waals surface area (Å²) in [5.41, 5.74) is 6.66. The molecule has 10 aromatic rings. The molecule has 0 spiro atoms. The minimum atomic E-state index is -0.875. The van der Waals surface area contributed by atoms with Crippen molar-refractivity contribution in [1.82, 2.24) is 25.4 Å². The third-order valence-electron chi connectivity index (χ3n) is 26.4. The van der Waals surface area contributed by atoms with Crippen LogP contribution in [0.15, 0.2) is 117 Å². The molecule has 15 saturated carbocycles. The molecule has 2 N–H and O–H groups in total. The molecule has 15 aliphatic rings. The molecule has 0 aliphatic heterocycles. The van der Waals surface area contributed by atoms with Crippen molar-refractivity contribution in [3.8, 4) is 33.8 Å². The lowest BCUT2D eigenvalue weighted by Crippen LogP contribution is -2.62. The summed E-state index contributed by atoms with van der Waals surface area (Å²) in [4.78, 5) is 22.3. The monoisotopic (exact) mass is 1560 g/mol. The van der Waals surface area contributed by atoms with Gasteiger partial charge >= 0.3 is 0 Å². The predicted molar refractivity (Wildman–Crippen MR) is 407 cm³/mol. The number of aliphatic hydroxyl groups is 2. The number of fused-ring (bicyclic) bond motifs is 2. The van der Waals surface area contributed by atoms with Crippen LogP contribution in [0.25, 0.3) is 54.2 Å². The highest BCUT2D eigenvalue weighted by Crippen LogP contribution is 2.68. The maximum Gasteiger partial charge on any atom is 0.145 e. The molecule has 0 saturated heterocycles. The molecule has 0 amide bonds. The van der Waals surface area contributed by atoms with Gasteiger partial charge in [-0.25, -0.2) is 9.97 Å². The zero-order chi connectivity index (χ0) is 71.0. The molecule has 12 bridgehead atoms. The van der Waals surface area contributed by atoms with Crippen molar-refractivity contribution in [3.05, 3.63) is 177 Å². The Labute approximate surface area is 646 Å². The second kappa shape index (κ2) is 26.2. The van der Waals surface area contributed by atoms with Gasteiger partial charge in [0.15, 0.2) is 0 Å². The molecule has 0 radical (unpaired) electrons. The van der Waals surface area contributed by atoms with Gasteiger partial charge in [-0.15, -0.1) is 22.7 Å². The normalized spacial score (nSPS) is 32.2. The molecule has 14 atom stereocenters. The number of thiazole rings is 2. The van der Waals surface area contributed by atoms with Gasteiger partial charge < -0.3 is 38.0 Å². The van der Waals surface area contributed by atoms with E-state index in [4.69, 9.17) is 107 Å². The van der Waals surface area contributed by atoms with Crippen LogP contribution in [0.4, 0.5) is 0 Å². The highest BCUT2D eigenvalue weighted by Gasteiger charge is 2.66. The van der Waals surface area contributed by atoms with E-state index in [9.17, 15) is 15.0 Å². The van der Waals surface area contributed by atoms with Crippen molar-refractivity contribution in [2.75, 3.05) is 0 Å². The van der Waals surface area contributed by atoms with E-state index in [2.05, 4.69) is 27.6 Å². The second-order valence-corrected chi connectivity index (χ2v) is 37.7. The van der Waals surface area contributed by atoms with Crippen molar-refractivity contribution in [2.24, 2.45) is 53.3 Å². The number of halogens is 6. The van der Waals surface area contributed by atoms with Gasteiger partial charge in [0.1, 0.15) is 61.4 Å². The first kappa shape index (κ1) is 69.0. The Morgan fingerprint density at radius 3 is 1.01 bits per heavy atom. The molecule has 9 unspecified atom stereocenters. The quantitative estimate of drug-likeness (QED) is 0.0876. The number of Topliss-reactive ketones (excluding diaryl/α,β-unsaturated/α-hetero) is 1. The number of aromatic nitrogens is 5. The molecule has 22 heteroatoms. The average molecular weight is 1570 g/mol. The fraction of sp³-hybridized carbons (Fsp3) is 0.494. The maximum atomic E-state index is 12.5. The molecule has 544 valence electrons. The molecule has 105 heavy (non-hydrogen) atoms. The first-order valence-corrected chi connectivity index (χ1v) is 41.7. The number of nitrogens with zero attached hydrogens (tertiary/aromatic N) is 5. The van der Waals surface area contributed by atoms with Gasteiger partial charge in [0.25, 0.3) is 0 Å². The first-order valence-electron chi connectivity index (χ1n) is 37.8. The fourth-order valence-corrected chi connectivity index (χ4v) is 25.8. The van der Waals surface area contributed by atoms with Crippen LogP contribution in [0.1, 0.15) is 197 Å². The van der Waals surface area contributed by atoms with Crippen LogP contribution in [0.3, 0.4) is 0 Å². The van der Waals surface area contributed by atoms with Gasteiger partial charge in [-0.1, -0.05) is 128 Å². The lowest BCUT2D eigenvalue weighted by Gasteiger charge is -2.62. The summed E-state index contributed by atoms with van der Waals surface area (Å²) in [6.45, 7) is 1.27. The number of carbonyl (C=O) groups excluding carboxylic acids is 1. The number of hydrogen-bond donors (Lipinski definition) is 2. The first-order chi connectivity index (χ1) is 50.9. The van der Waals surface area contributed by atoms with E-state index >= 15 is 0 Å². The molecule has 15 aliphatic carbocycles. The number of carbonyl (C=O) groups is 1. The van der Waals surface area contributed by atoms with Crippen LogP contribution >= 0.6 is 92.3 Å². The molecule has 5 aromatic heterocycles. The van der Waals surface area contributed by atoms with Crippen molar-refractivity contribution >= 4 is 118 Å². The summed E-state index contributed by atoms with van der Waals surface area (Å²) in [6.07, 6.45) is 21.2. The lowest BCUT2D eigenvalue weighted by atomic mass is 9.48. The number of hydrogen-bond acceptors (Lipinski definition) is 16. The van der Waals surface area contributed by atoms with Gasteiger partial charge in [-0.2, -0.15) is 0 Å². The van der Waals surface area contributed by atoms with Crippen LogP contribution in [-0.2, 0) is 50.0 Å². The number of benzene rings is 5. The van der Waals surface area contributed by atoms with E-state index in [1.165, 1.54) is 0 Å². The Balaban J connectivity index is 0.000000106. The Hall–Kier alpha value is -5.28. The Morgan fingerprint density at radius 1 is 0.390 bits per heavy atom. The molecule has 5 aromatic carbocycles. The SMILES string of the molecule is O=C1C2CC3C[C@@H]1CC(OCc1c(-c4c(Cl)cccc4Cl)noc1C1CC1)(C3)C2.OC1(c2nc3ccccc3s2)[C@@H]2CC3C[C@H]1CC(OCc1c(-c4c(Cl)cccc4Cl)noc1C1CC1)(C3)C2.OC1(c2nc3ccccc3s2)[C@@H]2CC3C[C@H]1CC(OCc1c(-c4c(Cl)cccc4Cl)noc1C1CC1)(C3)C2. The third kappa shape index (κ3) is 12.0. The van der Waals surface area contributed by atoms with Crippen LogP contribution in [-0.4, -0.2) is 58.2 Å². The maximum absolute atomic E-state index is 12.5. The summed E-state index contributed by atoms with van der Waals surface area (Å²) in [6, 6.07) is 32.9. The van der Waals surface area contributed by atoms with Crippen molar-refractivity contribution in [1.29, 1.82) is 0 Å². The van der Waals surface area contributed by atoms with Crippen molar-refractivity contribution < 1.29 is 42.8 Å². The van der Waals surface area contributed by atoms with E-state index in [1.807, 2.05) is 91.0 Å². The number of rotatable bonds is 17.